The summed E-state index contributed by atoms with van der Waals surface area (Å²) in [6.45, 7) is 0.130. The first-order chi connectivity index (χ1) is 13.0. The molecule has 0 aliphatic rings. The molecule has 0 radical (unpaired) electrons. The number of ether oxygens (including phenoxy) is 1. The van der Waals surface area contributed by atoms with Gasteiger partial charge >= 0.3 is 5.97 Å². The van der Waals surface area contributed by atoms with Gasteiger partial charge in [0.2, 0.25) is 0 Å². The van der Waals surface area contributed by atoms with Gasteiger partial charge in [0, 0.05) is 29.6 Å². The lowest BCUT2D eigenvalue weighted by Crippen LogP contribution is -2.30. The van der Waals surface area contributed by atoms with Crippen molar-refractivity contribution in [2.75, 3.05) is 13.7 Å². The van der Waals surface area contributed by atoms with E-state index in [2.05, 4.69) is 4.98 Å². The molecule has 1 amide bonds. The van der Waals surface area contributed by atoms with Crippen molar-refractivity contribution in [3.8, 4) is 10.6 Å². The molecule has 0 aliphatic heterocycles. The van der Waals surface area contributed by atoms with Crippen LogP contribution in [0.5, 0.6) is 0 Å². The van der Waals surface area contributed by atoms with E-state index in [1.807, 2.05) is 42.5 Å². The van der Waals surface area contributed by atoms with Gasteiger partial charge in [0.05, 0.1) is 0 Å². The van der Waals surface area contributed by atoms with E-state index in [9.17, 15) is 9.59 Å². The predicted molar refractivity (Wildman–Crippen MR) is 106 cm³/mol. The van der Waals surface area contributed by atoms with Gasteiger partial charge in [0.15, 0.2) is 12.3 Å². The van der Waals surface area contributed by atoms with Crippen LogP contribution in [0.25, 0.3) is 10.6 Å². The van der Waals surface area contributed by atoms with Gasteiger partial charge in [-0.1, -0.05) is 54.1 Å². The number of amides is 1. The first-order valence-corrected chi connectivity index (χ1v) is 9.45. The van der Waals surface area contributed by atoms with Gasteiger partial charge in [-0.15, -0.1) is 11.3 Å². The number of benzene rings is 2. The maximum Gasteiger partial charge on any atom is 0.358 e. The second-order valence-electron chi connectivity index (χ2n) is 5.86. The maximum atomic E-state index is 12.2. The Balaban J connectivity index is 1.54. The third-order valence-corrected chi connectivity index (χ3v) is 4.96. The Bertz CT molecular complexity index is 926. The summed E-state index contributed by atoms with van der Waals surface area (Å²) in [4.78, 5) is 30.1. The lowest BCUT2D eigenvalue weighted by Gasteiger charge is -2.17. The molecule has 3 aromatic rings. The van der Waals surface area contributed by atoms with Crippen molar-refractivity contribution in [3.05, 3.63) is 76.3 Å². The Morgan fingerprint density at radius 2 is 1.81 bits per heavy atom. The van der Waals surface area contributed by atoms with Crippen LogP contribution >= 0.6 is 22.9 Å². The minimum atomic E-state index is -0.618. The molecule has 138 valence electrons. The van der Waals surface area contributed by atoms with E-state index in [1.54, 1.807) is 24.6 Å². The molecular formula is C20H17ClN2O3S. The third-order valence-electron chi connectivity index (χ3n) is 3.82. The second kappa shape index (κ2) is 8.79. The molecular weight excluding hydrogens is 384 g/mol. The summed E-state index contributed by atoms with van der Waals surface area (Å²) in [5, 5.41) is 2.93. The fourth-order valence-corrected chi connectivity index (χ4v) is 3.27. The van der Waals surface area contributed by atoms with Gasteiger partial charge in [0.1, 0.15) is 5.01 Å². The molecule has 0 saturated carbocycles. The zero-order valence-corrected chi connectivity index (χ0v) is 16.2. The Hall–Kier alpha value is -2.70. The number of nitrogens with zero attached hydrogens (tertiary/aromatic N) is 2. The predicted octanol–water partition coefficient (Wildman–Crippen LogP) is 4.28. The lowest BCUT2D eigenvalue weighted by molar-refractivity contribution is -0.133. The van der Waals surface area contributed by atoms with Crippen LogP contribution in [0.3, 0.4) is 0 Å². The number of carbonyl (C=O) groups excluding carboxylic acids is 2. The summed E-state index contributed by atoms with van der Waals surface area (Å²) in [6, 6.07) is 16.8. The van der Waals surface area contributed by atoms with E-state index in [4.69, 9.17) is 16.3 Å². The monoisotopic (exact) mass is 400 g/mol. The van der Waals surface area contributed by atoms with Crippen LogP contribution in [0.4, 0.5) is 0 Å². The molecule has 27 heavy (non-hydrogen) atoms. The molecule has 0 fully saturated rings. The lowest BCUT2D eigenvalue weighted by atomic mass is 10.2. The van der Waals surface area contributed by atoms with Crippen LogP contribution in [0, 0.1) is 0 Å². The SMILES string of the molecule is CN(Cc1ccccc1)C(=O)COC(=O)c1csc(-c2ccc(Cl)cc2)n1. The molecule has 1 heterocycles. The van der Waals surface area contributed by atoms with Crippen LogP contribution in [-0.2, 0) is 16.1 Å². The Morgan fingerprint density at radius 1 is 1.11 bits per heavy atom. The molecule has 5 nitrogen and oxygen atoms in total. The summed E-state index contributed by atoms with van der Waals surface area (Å²) in [6.07, 6.45) is 0. The highest BCUT2D eigenvalue weighted by molar-refractivity contribution is 7.13. The van der Waals surface area contributed by atoms with Crippen LogP contribution in [-0.4, -0.2) is 35.4 Å². The average molecular weight is 401 g/mol. The van der Waals surface area contributed by atoms with Gasteiger partial charge in [0.25, 0.3) is 5.91 Å². The van der Waals surface area contributed by atoms with Crippen molar-refractivity contribution in [1.29, 1.82) is 0 Å². The molecule has 0 N–H and O–H groups in total. The van der Waals surface area contributed by atoms with Gasteiger partial charge in [-0.25, -0.2) is 9.78 Å². The van der Waals surface area contributed by atoms with Gasteiger partial charge in [-0.05, 0) is 17.7 Å². The average Bonchev–Trinajstić information content (AvgIpc) is 3.17. The van der Waals surface area contributed by atoms with Gasteiger partial charge in [-0.2, -0.15) is 0 Å². The van der Waals surface area contributed by atoms with Crippen LogP contribution in [0.15, 0.2) is 60.0 Å². The Kier molecular flexibility index (Phi) is 6.21. The Labute approximate surface area is 166 Å². The maximum absolute atomic E-state index is 12.2. The number of rotatable bonds is 6. The van der Waals surface area contributed by atoms with Gasteiger partial charge in [-0.3, -0.25) is 4.79 Å². The Morgan fingerprint density at radius 3 is 2.52 bits per heavy atom. The number of aromatic nitrogens is 1. The molecule has 3 rings (SSSR count). The van der Waals surface area contributed by atoms with Crippen LogP contribution in [0.2, 0.25) is 5.02 Å². The van der Waals surface area contributed by atoms with E-state index in [0.717, 1.165) is 11.1 Å². The van der Waals surface area contributed by atoms with Crippen molar-refractivity contribution < 1.29 is 14.3 Å². The number of halogens is 1. The zero-order valence-electron chi connectivity index (χ0n) is 14.6. The summed E-state index contributed by atoms with van der Waals surface area (Å²) < 4.78 is 5.11. The molecule has 0 bridgehead atoms. The van der Waals surface area contributed by atoms with E-state index >= 15 is 0 Å². The van der Waals surface area contributed by atoms with E-state index in [1.165, 1.54) is 16.2 Å². The highest BCUT2D eigenvalue weighted by atomic mass is 35.5. The molecule has 0 spiro atoms. The first kappa shape index (κ1) is 19.1. The number of hydrogen-bond donors (Lipinski definition) is 0. The quantitative estimate of drug-likeness (QED) is 0.579. The standard InChI is InChI=1S/C20H17ClN2O3S/c1-23(11-14-5-3-2-4-6-14)18(24)12-26-20(25)17-13-27-19(22-17)15-7-9-16(21)10-8-15/h2-10,13H,11-12H2,1H3. The minimum absolute atomic E-state index is 0.184. The van der Waals surface area contributed by atoms with E-state index < -0.39 is 5.97 Å². The zero-order chi connectivity index (χ0) is 19.2. The summed E-state index contributed by atoms with van der Waals surface area (Å²) in [5.74, 6) is -0.895. The second-order valence-corrected chi connectivity index (χ2v) is 7.15. The normalized spacial score (nSPS) is 10.4. The van der Waals surface area contributed by atoms with Crippen molar-refractivity contribution >= 4 is 34.8 Å². The van der Waals surface area contributed by atoms with Gasteiger partial charge < -0.3 is 9.64 Å². The van der Waals surface area contributed by atoms with Crippen LogP contribution in [0.1, 0.15) is 16.1 Å². The molecule has 0 unspecified atom stereocenters. The summed E-state index contributed by atoms with van der Waals surface area (Å²) >= 11 is 7.20. The van der Waals surface area contributed by atoms with E-state index in [0.29, 0.717) is 16.6 Å². The molecule has 0 aliphatic carbocycles. The largest absolute Gasteiger partial charge is 0.451 e. The topological polar surface area (TPSA) is 59.5 Å². The third kappa shape index (κ3) is 5.15. The molecule has 1 aromatic heterocycles. The van der Waals surface area contributed by atoms with Crippen molar-refractivity contribution in [2.45, 2.75) is 6.54 Å². The minimum Gasteiger partial charge on any atom is -0.451 e. The molecule has 0 atom stereocenters. The fraction of sp³-hybridized carbons (Fsp3) is 0.150. The van der Waals surface area contributed by atoms with E-state index in [-0.39, 0.29) is 18.2 Å². The summed E-state index contributed by atoms with van der Waals surface area (Å²) in [5.41, 5.74) is 2.05. The molecule has 2 aromatic carbocycles. The fourth-order valence-electron chi connectivity index (χ4n) is 2.35. The smallest absolute Gasteiger partial charge is 0.358 e. The highest BCUT2D eigenvalue weighted by Gasteiger charge is 2.17. The van der Waals surface area contributed by atoms with Crippen molar-refractivity contribution in [2.24, 2.45) is 0 Å². The number of esters is 1. The first-order valence-electron chi connectivity index (χ1n) is 8.19. The highest BCUT2D eigenvalue weighted by Crippen LogP contribution is 2.25. The summed E-state index contributed by atoms with van der Waals surface area (Å²) in [7, 11) is 1.67. The number of hydrogen-bond acceptors (Lipinski definition) is 5. The number of carbonyl (C=O) groups is 2. The van der Waals surface area contributed by atoms with Crippen molar-refractivity contribution in [1.82, 2.24) is 9.88 Å². The number of likely N-dealkylation sites (N-methyl/N-ethyl adjacent to an activating group) is 1. The molecule has 0 saturated heterocycles. The van der Waals surface area contributed by atoms with Crippen molar-refractivity contribution in [3.63, 3.8) is 0 Å². The van der Waals surface area contributed by atoms with Crippen LogP contribution < -0.4 is 0 Å². The molecule has 7 heteroatoms. The number of thiazole rings is 1.